The minimum absolute atomic E-state index is 0.0185. The lowest BCUT2D eigenvalue weighted by Crippen LogP contribution is -2.59. The molecule has 38 heavy (non-hydrogen) atoms. The van der Waals surface area contributed by atoms with Crippen LogP contribution in [0.1, 0.15) is 24.1 Å². The van der Waals surface area contributed by atoms with Gasteiger partial charge in [0.1, 0.15) is 11.5 Å². The van der Waals surface area contributed by atoms with E-state index in [0.717, 1.165) is 11.3 Å². The first-order valence-corrected chi connectivity index (χ1v) is 13.5. The highest BCUT2D eigenvalue weighted by atomic mass is 32.2. The fourth-order valence-electron chi connectivity index (χ4n) is 5.57. The number of nitrogens with zero attached hydrogens (tertiary/aromatic N) is 1. The van der Waals surface area contributed by atoms with Crippen LogP contribution in [-0.2, 0) is 26.9 Å². The van der Waals surface area contributed by atoms with E-state index in [1.165, 1.54) is 18.2 Å². The van der Waals surface area contributed by atoms with E-state index < -0.39 is 32.8 Å². The van der Waals surface area contributed by atoms with Gasteiger partial charge in [0.05, 0.1) is 18.7 Å². The first-order valence-electron chi connectivity index (χ1n) is 12.1. The molecule has 2 unspecified atom stereocenters. The number of nitrogens with two attached hydrogens (primary N) is 1. The van der Waals surface area contributed by atoms with E-state index in [2.05, 4.69) is 19.4 Å². The number of hydrogen-bond acceptors (Lipinski definition) is 7. The summed E-state index contributed by atoms with van der Waals surface area (Å²) in [5.41, 5.74) is 1.79. The Balaban J connectivity index is 1.53. The predicted molar refractivity (Wildman–Crippen MR) is 133 cm³/mol. The molecule has 13 heteroatoms. The van der Waals surface area contributed by atoms with Crippen molar-refractivity contribution in [3.63, 3.8) is 0 Å². The summed E-state index contributed by atoms with van der Waals surface area (Å²) in [6, 6.07) is 13.1. The number of benzene rings is 2. The van der Waals surface area contributed by atoms with Crippen molar-refractivity contribution < 1.29 is 35.3 Å². The number of halogens is 3. The number of aromatic amines is 1. The zero-order valence-electron chi connectivity index (χ0n) is 20.3. The molecule has 2 aliphatic heterocycles. The van der Waals surface area contributed by atoms with Gasteiger partial charge >= 0.3 is 15.6 Å². The number of fused-ring (bicyclic) bond motifs is 4. The van der Waals surface area contributed by atoms with Crippen LogP contribution in [0.3, 0.4) is 0 Å². The van der Waals surface area contributed by atoms with Gasteiger partial charge in [-0.2, -0.15) is 21.6 Å². The molecule has 1 spiro atoms. The molecular weight excluding hydrogens is 525 g/mol. The molecule has 9 nitrogen and oxygen atoms in total. The summed E-state index contributed by atoms with van der Waals surface area (Å²) < 4.78 is 72.2. The Hall–Kier alpha value is -3.29. The first-order chi connectivity index (χ1) is 18.0. The molecule has 2 atom stereocenters. The van der Waals surface area contributed by atoms with Gasteiger partial charge in [0.25, 0.3) is 0 Å². The number of rotatable bonds is 8. The topological polar surface area (TPSA) is 127 Å². The number of amides is 1. The third kappa shape index (κ3) is 4.81. The number of aromatic nitrogens is 1. The number of ether oxygens (including phenoxy) is 1. The molecular formula is C25H27F3N4O5S. The van der Waals surface area contributed by atoms with Crippen molar-refractivity contribution >= 4 is 26.9 Å². The maximum absolute atomic E-state index is 12.9. The van der Waals surface area contributed by atoms with Crippen LogP contribution < -0.4 is 20.0 Å². The third-order valence-electron chi connectivity index (χ3n) is 7.18. The van der Waals surface area contributed by atoms with Crippen LogP contribution in [0, 0.1) is 0 Å². The van der Waals surface area contributed by atoms with Crippen molar-refractivity contribution in [1.29, 1.82) is 0 Å². The van der Waals surface area contributed by atoms with E-state index in [1.54, 1.807) is 0 Å². The smallest absolute Gasteiger partial charge is 0.494 e. The minimum Gasteiger partial charge on any atom is -0.494 e. The molecule has 204 valence electrons. The van der Waals surface area contributed by atoms with Crippen LogP contribution >= 0.6 is 0 Å². The Labute approximate surface area is 217 Å². The molecule has 2 aromatic carbocycles. The molecule has 0 saturated carbocycles. The van der Waals surface area contributed by atoms with Gasteiger partial charge in [0.2, 0.25) is 5.91 Å². The van der Waals surface area contributed by atoms with Gasteiger partial charge in [-0.25, -0.2) is 0 Å². The summed E-state index contributed by atoms with van der Waals surface area (Å²) in [4.78, 5) is 17.6. The zero-order chi connectivity index (χ0) is 27.1. The van der Waals surface area contributed by atoms with E-state index in [1.807, 2.05) is 30.3 Å². The quantitative estimate of drug-likeness (QED) is 0.290. The highest BCUT2D eigenvalue weighted by Gasteiger charge is 2.51. The van der Waals surface area contributed by atoms with E-state index >= 15 is 0 Å². The Morgan fingerprint density at radius 1 is 1.16 bits per heavy atom. The fraction of sp³-hybridized carbons (Fsp3) is 0.400. The lowest BCUT2D eigenvalue weighted by Gasteiger charge is -2.48. The van der Waals surface area contributed by atoms with Crippen molar-refractivity contribution in [1.82, 2.24) is 15.2 Å². The second kappa shape index (κ2) is 9.79. The van der Waals surface area contributed by atoms with Crippen molar-refractivity contribution in [2.24, 2.45) is 5.73 Å². The van der Waals surface area contributed by atoms with Crippen LogP contribution in [0.2, 0.25) is 0 Å². The molecule has 5 rings (SSSR count). The largest absolute Gasteiger partial charge is 0.534 e. The van der Waals surface area contributed by atoms with E-state index in [9.17, 15) is 26.4 Å². The van der Waals surface area contributed by atoms with Crippen molar-refractivity contribution in [2.45, 2.75) is 36.4 Å². The van der Waals surface area contributed by atoms with Crippen LogP contribution in [0.5, 0.6) is 11.5 Å². The molecule has 1 aromatic heterocycles. The van der Waals surface area contributed by atoms with Crippen LogP contribution in [0.25, 0.3) is 10.9 Å². The summed E-state index contributed by atoms with van der Waals surface area (Å²) in [7, 11) is -5.81. The van der Waals surface area contributed by atoms with Gasteiger partial charge in [-0.1, -0.05) is 18.2 Å². The lowest BCUT2D eigenvalue weighted by atomic mass is 9.80. The molecule has 0 aliphatic carbocycles. The molecule has 1 saturated heterocycles. The second-order valence-corrected chi connectivity index (χ2v) is 11.1. The second-order valence-electron chi connectivity index (χ2n) is 9.53. The Morgan fingerprint density at radius 3 is 2.58 bits per heavy atom. The molecule has 0 radical (unpaired) electrons. The minimum atomic E-state index is -5.81. The SMILES string of the molecule is NC(=O)CN1C(CCOc2ccccc2)Cc2c([nH]c3ccc(OS(=O)(=O)C(F)(F)F)cc23)C12CCNC2. The number of para-hydroxylation sites is 1. The molecule has 4 N–H and O–H groups in total. The average Bonchev–Trinajstić information content (AvgIpc) is 3.47. The van der Waals surface area contributed by atoms with Crippen LogP contribution in [0.15, 0.2) is 48.5 Å². The van der Waals surface area contributed by atoms with E-state index in [0.29, 0.717) is 55.6 Å². The van der Waals surface area contributed by atoms with Gasteiger partial charge in [0, 0.05) is 29.2 Å². The number of hydrogen-bond donors (Lipinski definition) is 3. The molecule has 2 aliphatic rings. The van der Waals surface area contributed by atoms with E-state index in [-0.39, 0.29) is 12.6 Å². The molecule has 1 amide bonds. The van der Waals surface area contributed by atoms with Gasteiger partial charge in [-0.3, -0.25) is 9.69 Å². The number of nitrogens with one attached hydrogen (secondary N) is 2. The van der Waals surface area contributed by atoms with Gasteiger partial charge in [0.15, 0.2) is 0 Å². The number of alkyl halides is 3. The highest BCUT2D eigenvalue weighted by molar-refractivity contribution is 7.88. The lowest BCUT2D eigenvalue weighted by molar-refractivity contribution is -0.122. The first kappa shape index (κ1) is 26.3. The van der Waals surface area contributed by atoms with Crippen molar-refractivity contribution in [3.05, 3.63) is 59.8 Å². The number of carbonyl (C=O) groups excluding carboxylic acids is 1. The summed E-state index contributed by atoms with van der Waals surface area (Å²) >= 11 is 0. The Bertz CT molecular complexity index is 1440. The summed E-state index contributed by atoms with van der Waals surface area (Å²) in [6.07, 6.45) is 1.66. The summed E-state index contributed by atoms with van der Waals surface area (Å²) in [5, 5.41) is 3.92. The van der Waals surface area contributed by atoms with Crippen molar-refractivity contribution in [2.75, 3.05) is 26.2 Å². The maximum Gasteiger partial charge on any atom is 0.534 e. The zero-order valence-corrected chi connectivity index (χ0v) is 21.1. The molecule has 0 bridgehead atoms. The van der Waals surface area contributed by atoms with Crippen LogP contribution in [0.4, 0.5) is 13.2 Å². The number of primary amides is 1. The Kier molecular flexibility index (Phi) is 6.78. The molecule has 1 fully saturated rings. The van der Waals surface area contributed by atoms with Crippen LogP contribution in [-0.4, -0.2) is 62.0 Å². The molecule has 3 aromatic rings. The third-order valence-corrected chi connectivity index (χ3v) is 8.16. The predicted octanol–water partition coefficient (Wildman–Crippen LogP) is 2.77. The normalized spacial score (nSPS) is 22.0. The number of carbonyl (C=O) groups is 1. The van der Waals surface area contributed by atoms with Gasteiger partial charge in [-0.15, -0.1) is 0 Å². The monoisotopic (exact) mass is 552 g/mol. The standard InChI is InChI=1S/C25H27F3N4O5S/c26-25(27,28)38(34,35)37-18-6-7-21-19(13-18)20-12-16(8-11-36-17-4-2-1-3-5-17)32(14-22(29)33)24(23(20)31-21)9-10-30-15-24/h1-7,13,16,30-31H,8-12,14-15H2,(H2,29,33). The fourth-order valence-corrected chi connectivity index (χ4v) is 6.03. The van der Waals surface area contributed by atoms with Crippen molar-refractivity contribution in [3.8, 4) is 11.5 Å². The summed E-state index contributed by atoms with van der Waals surface area (Å²) in [5.74, 6) is -0.195. The van der Waals surface area contributed by atoms with Gasteiger partial charge < -0.3 is 25.0 Å². The maximum atomic E-state index is 12.9. The Morgan fingerprint density at radius 2 is 1.92 bits per heavy atom. The average molecular weight is 553 g/mol. The van der Waals surface area contributed by atoms with E-state index in [4.69, 9.17) is 10.5 Å². The number of H-pyrrole nitrogens is 1. The molecule has 3 heterocycles. The summed E-state index contributed by atoms with van der Waals surface area (Å²) in [6.45, 7) is 1.60. The van der Waals surface area contributed by atoms with Gasteiger partial charge in [-0.05, 0) is 61.7 Å². The highest BCUT2D eigenvalue weighted by Crippen LogP contribution is 2.46.